The van der Waals surface area contributed by atoms with Gasteiger partial charge in [-0.15, -0.1) is 12.4 Å². The molecule has 0 aromatic heterocycles. The molecule has 23 heavy (non-hydrogen) atoms. The van der Waals surface area contributed by atoms with Crippen LogP contribution in [-0.2, 0) is 9.53 Å². The maximum absolute atomic E-state index is 12.3. The first kappa shape index (κ1) is 17.8. The summed E-state index contributed by atoms with van der Waals surface area (Å²) in [5.74, 6) is -0.673. The second-order valence-corrected chi connectivity index (χ2v) is 6.15. The fourth-order valence-corrected chi connectivity index (χ4v) is 3.83. The van der Waals surface area contributed by atoms with E-state index in [0.29, 0.717) is 11.6 Å². The van der Waals surface area contributed by atoms with Crippen LogP contribution in [0.4, 0.5) is 0 Å². The molecule has 2 heterocycles. The first-order valence-electron chi connectivity index (χ1n) is 7.81. The van der Waals surface area contributed by atoms with Crippen molar-refractivity contribution >= 4 is 24.3 Å². The number of piperidine rings is 1. The molecule has 0 aliphatic carbocycles. The number of nitrogens with zero attached hydrogens (tertiary/aromatic N) is 1. The van der Waals surface area contributed by atoms with E-state index < -0.39 is 0 Å². The highest BCUT2D eigenvalue weighted by Crippen LogP contribution is 2.39. The minimum atomic E-state index is -0.346. The lowest BCUT2D eigenvalue weighted by molar-refractivity contribution is -0.134. The SMILES string of the molecule is CNC(=O)C1C2CC[C@H](C[C@@H]1OC(=O)c1ccccc1)N2C.Cl. The summed E-state index contributed by atoms with van der Waals surface area (Å²) in [6.07, 6.45) is 2.43. The number of ether oxygens (including phenoxy) is 1. The van der Waals surface area contributed by atoms with Crippen LogP contribution >= 0.6 is 12.4 Å². The summed E-state index contributed by atoms with van der Waals surface area (Å²) in [6, 6.07) is 9.52. The van der Waals surface area contributed by atoms with Crippen molar-refractivity contribution in [2.24, 2.45) is 5.92 Å². The Kier molecular flexibility index (Phi) is 5.65. The van der Waals surface area contributed by atoms with Crippen LogP contribution in [0.1, 0.15) is 29.6 Å². The first-order chi connectivity index (χ1) is 10.6. The van der Waals surface area contributed by atoms with Gasteiger partial charge < -0.3 is 10.1 Å². The fraction of sp³-hybridized carbons (Fsp3) is 0.529. The highest BCUT2D eigenvalue weighted by atomic mass is 35.5. The van der Waals surface area contributed by atoms with E-state index in [-0.39, 0.29) is 42.3 Å². The van der Waals surface area contributed by atoms with Crippen LogP contribution in [0.15, 0.2) is 30.3 Å². The fourth-order valence-electron chi connectivity index (χ4n) is 3.83. The van der Waals surface area contributed by atoms with Crippen molar-refractivity contribution in [1.82, 2.24) is 10.2 Å². The summed E-state index contributed by atoms with van der Waals surface area (Å²) < 4.78 is 5.72. The smallest absolute Gasteiger partial charge is 0.338 e. The summed E-state index contributed by atoms with van der Waals surface area (Å²) in [7, 11) is 3.70. The van der Waals surface area contributed by atoms with Gasteiger partial charge in [0.05, 0.1) is 11.5 Å². The number of halogens is 1. The number of rotatable bonds is 3. The minimum absolute atomic E-state index is 0. The molecule has 4 atom stereocenters. The number of carbonyl (C=O) groups excluding carboxylic acids is 2. The Morgan fingerprint density at radius 2 is 1.91 bits per heavy atom. The van der Waals surface area contributed by atoms with E-state index in [0.717, 1.165) is 19.3 Å². The molecule has 2 bridgehead atoms. The van der Waals surface area contributed by atoms with Crippen LogP contribution in [0, 0.1) is 5.92 Å². The Bertz CT molecular complexity index is 566. The Morgan fingerprint density at radius 1 is 1.22 bits per heavy atom. The molecule has 2 saturated heterocycles. The zero-order valence-corrected chi connectivity index (χ0v) is 14.2. The Labute approximate surface area is 142 Å². The number of amides is 1. The summed E-state index contributed by atoms with van der Waals surface area (Å²) in [4.78, 5) is 26.9. The van der Waals surface area contributed by atoms with Gasteiger partial charge in [-0.05, 0) is 32.0 Å². The van der Waals surface area contributed by atoms with Gasteiger partial charge in [0.25, 0.3) is 0 Å². The second kappa shape index (κ2) is 7.32. The topological polar surface area (TPSA) is 58.6 Å². The monoisotopic (exact) mass is 338 g/mol. The summed E-state index contributed by atoms with van der Waals surface area (Å²) in [5, 5.41) is 2.72. The highest BCUT2D eigenvalue weighted by Gasteiger charge is 2.50. The van der Waals surface area contributed by atoms with Gasteiger partial charge in [-0.2, -0.15) is 0 Å². The third-order valence-corrected chi connectivity index (χ3v) is 5.03. The van der Waals surface area contributed by atoms with E-state index in [1.165, 1.54) is 0 Å². The van der Waals surface area contributed by atoms with Crippen LogP contribution in [0.3, 0.4) is 0 Å². The van der Waals surface area contributed by atoms with E-state index in [2.05, 4.69) is 17.3 Å². The first-order valence-corrected chi connectivity index (χ1v) is 7.81. The lowest BCUT2D eigenvalue weighted by Crippen LogP contribution is -2.55. The van der Waals surface area contributed by atoms with Crippen molar-refractivity contribution in [3.63, 3.8) is 0 Å². The van der Waals surface area contributed by atoms with E-state index in [4.69, 9.17) is 4.74 Å². The molecular formula is C17H23ClN2O3. The number of carbonyl (C=O) groups is 2. The van der Waals surface area contributed by atoms with E-state index in [1.807, 2.05) is 18.2 Å². The van der Waals surface area contributed by atoms with E-state index in [9.17, 15) is 9.59 Å². The molecule has 0 saturated carbocycles. The molecule has 2 fully saturated rings. The average Bonchev–Trinajstić information content (AvgIpc) is 2.78. The third kappa shape index (κ3) is 3.35. The molecule has 1 N–H and O–H groups in total. The summed E-state index contributed by atoms with van der Waals surface area (Å²) >= 11 is 0. The maximum atomic E-state index is 12.3. The molecule has 1 aromatic carbocycles. The van der Waals surface area contributed by atoms with Gasteiger partial charge in [0.2, 0.25) is 5.91 Å². The third-order valence-electron chi connectivity index (χ3n) is 5.03. The van der Waals surface area contributed by atoms with Crippen molar-refractivity contribution in [2.45, 2.75) is 37.5 Å². The number of fused-ring (bicyclic) bond motifs is 2. The molecular weight excluding hydrogens is 316 g/mol. The Hall–Kier alpha value is -1.59. The Morgan fingerprint density at radius 3 is 2.57 bits per heavy atom. The van der Waals surface area contributed by atoms with Crippen LogP contribution in [0.5, 0.6) is 0 Å². The van der Waals surface area contributed by atoms with Gasteiger partial charge in [0, 0.05) is 25.6 Å². The van der Waals surface area contributed by atoms with Crippen LogP contribution in [0.25, 0.3) is 0 Å². The van der Waals surface area contributed by atoms with Crippen molar-refractivity contribution in [1.29, 1.82) is 0 Å². The average molecular weight is 339 g/mol. The molecule has 2 aliphatic rings. The van der Waals surface area contributed by atoms with Gasteiger partial charge in [-0.25, -0.2) is 4.79 Å². The normalized spacial score (nSPS) is 29.5. The van der Waals surface area contributed by atoms with Crippen molar-refractivity contribution < 1.29 is 14.3 Å². The molecule has 5 nitrogen and oxygen atoms in total. The van der Waals surface area contributed by atoms with E-state index >= 15 is 0 Å². The molecule has 0 radical (unpaired) electrons. The zero-order valence-electron chi connectivity index (χ0n) is 13.4. The molecule has 126 valence electrons. The van der Waals surface area contributed by atoms with Gasteiger partial charge in [-0.3, -0.25) is 9.69 Å². The van der Waals surface area contributed by atoms with Crippen molar-refractivity contribution in [3.8, 4) is 0 Å². The lowest BCUT2D eigenvalue weighted by atomic mass is 9.86. The molecule has 2 aliphatic heterocycles. The number of hydrogen-bond donors (Lipinski definition) is 1. The van der Waals surface area contributed by atoms with Crippen LogP contribution < -0.4 is 5.32 Å². The van der Waals surface area contributed by atoms with Crippen molar-refractivity contribution in [3.05, 3.63) is 35.9 Å². The molecule has 3 rings (SSSR count). The van der Waals surface area contributed by atoms with E-state index in [1.54, 1.807) is 19.2 Å². The molecule has 0 spiro atoms. The standard InChI is InChI=1S/C17H22N2O3.ClH/c1-18-16(20)15-13-9-8-12(19(13)2)10-14(15)22-17(21)11-6-4-3-5-7-11;/h3-7,12-15H,8-10H2,1-2H3,(H,18,20);1H/t12-,13?,14+,15?;/m1./s1. The minimum Gasteiger partial charge on any atom is -0.458 e. The molecule has 2 unspecified atom stereocenters. The number of benzene rings is 1. The van der Waals surface area contributed by atoms with Crippen molar-refractivity contribution in [2.75, 3.05) is 14.1 Å². The number of nitrogens with one attached hydrogen (secondary N) is 1. The van der Waals surface area contributed by atoms with Gasteiger partial charge in [-0.1, -0.05) is 18.2 Å². The number of hydrogen-bond acceptors (Lipinski definition) is 4. The molecule has 6 heteroatoms. The zero-order chi connectivity index (χ0) is 15.7. The lowest BCUT2D eigenvalue weighted by Gasteiger charge is -2.41. The quantitative estimate of drug-likeness (QED) is 0.855. The summed E-state index contributed by atoms with van der Waals surface area (Å²) in [5.41, 5.74) is 0.532. The molecule has 1 amide bonds. The number of esters is 1. The summed E-state index contributed by atoms with van der Waals surface area (Å²) in [6.45, 7) is 0. The molecule has 1 aromatic rings. The van der Waals surface area contributed by atoms with Crippen LogP contribution in [0.2, 0.25) is 0 Å². The maximum Gasteiger partial charge on any atom is 0.338 e. The van der Waals surface area contributed by atoms with Gasteiger partial charge >= 0.3 is 5.97 Å². The van der Waals surface area contributed by atoms with Crippen LogP contribution in [-0.4, -0.2) is 49.1 Å². The van der Waals surface area contributed by atoms with Gasteiger partial charge in [0.15, 0.2) is 0 Å². The largest absolute Gasteiger partial charge is 0.458 e. The van der Waals surface area contributed by atoms with Gasteiger partial charge in [0.1, 0.15) is 6.10 Å². The Balaban J connectivity index is 0.00000192. The predicted molar refractivity (Wildman–Crippen MR) is 89.6 cm³/mol. The second-order valence-electron chi connectivity index (χ2n) is 6.15. The highest BCUT2D eigenvalue weighted by molar-refractivity contribution is 5.90. The predicted octanol–water partition coefficient (Wildman–Crippen LogP) is 1.86.